The third-order valence-electron chi connectivity index (χ3n) is 2.93. The monoisotopic (exact) mass is 235 g/mol. The van der Waals surface area contributed by atoms with Gasteiger partial charge in [-0.2, -0.15) is 0 Å². The minimum absolute atomic E-state index is 0.134. The lowest BCUT2D eigenvalue weighted by atomic mass is 10.3. The first-order valence-electron chi connectivity index (χ1n) is 5.65. The summed E-state index contributed by atoms with van der Waals surface area (Å²) in [4.78, 5) is 19.6. The Hall–Kier alpha value is -1.82. The van der Waals surface area contributed by atoms with Gasteiger partial charge in [-0.05, 0) is 12.1 Å². The SMILES string of the molecule is CC(=O)N1CCN(c2cccc(NN)n2)CC1. The van der Waals surface area contributed by atoms with Crippen molar-refractivity contribution in [1.29, 1.82) is 0 Å². The van der Waals surface area contributed by atoms with Gasteiger partial charge >= 0.3 is 0 Å². The van der Waals surface area contributed by atoms with Crippen molar-refractivity contribution in [2.45, 2.75) is 6.92 Å². The van der Waals surface area contributed by atoms with Gasteiger partial charge in [-0.15, -0.1) is 0 Å². The molecule has 0 radical (unpaired) electrons. The van der Waals surface area contributed by atoms with E-state index >= 15 is 0 Å². The number of nitrogen functional groups attached to an aromatic ring is 1. The fourth-order valence-corrected chi connectivity index (χ4v) is 1.93. The van der Waals surface area contributed by atoms with Gasteiger partial charge in [0.2, 0.25) is 5.91 Å². The predicted molar refractivity (Wildman–Crippen MR) is 66.5 cm³/mol. The number of hydrogen-bond acceptors (Lipinski definition) is 5. The number of carbonyl (C=O) groups is 1. The summed E-state index contributed by atoms with van der Waals surface area (Å²) in [6.07, 6.45) is 0. The molecule has 3 N–H and O–H groups in total. The Labute approximate surface area is 100 Å². The predicted octanol–water partition coefficient (Wildman–Crippen LogP) is 0.0357. The van der Waals surface area contributed by atoms with Crippen molar-refractivity contribution >= 4 is 17.5 Å². The molecule has 1 aliphatic heterocycles. The molecule has 6 heteroatoms. The zero-order valence-electron chi connectivity index (χ0n) is 9.89. The normalized spacial score (nSPS) is 15.9. The van der Waals surface area contributed by atoms with E-state index in [4.69, 9.17) is 5.84 Å². The van der Waals surface area contributed by atoms with E-state index in [-0.39, 0.29) is 5.91 Å². The van der Waals surface area contributed by atoms with Crippen LogP contribution in [0.1, 0.15) is 6.92 Å². The minimum Gasteiger partial charge on any atom is -0.353 e. The first-order chi connectivity index (χ1) is 8.20. The molecule has 0 atom stereocenters. The van der Waals surface area contributed by atoms with E-state index in [1.54, 1.807) is 6.92 Å². The quantitative estimate of drug-likeness (QED) is 0.559. The number of carbonyl (C=O) groups excluding carboxylic acids is 1. The zero-order chi connectivity index (χ0) is 12.3. The van der Waals surface area contributed by atoms with E-state index in [1.807, 2.05) is 23.1 Å². The standard InChI is InChI=1S/C11H17N5O/c1-9(17)15-5-7-16(8-6-15)11-4-2-3-10(13-11)14-12/h2-4H,5-8,12H2,1H3,(H,13,14). The van der Waals surface area contributed by atoms with Gasteiger partial charge in [0.25, 0.3) is 0 Å². The third kappa shape index (κ3) is 2.65. The van der Waals surface area contributed by atoms with Gasteiger partial charge in [-0.3, -0.25) is 4.79 Å². The van der Waals surface area contributed by atoms with E-state index in [0.29, 0.717) is 5.82 Å². The minimum atomic E-state index is 0.134. The highest BCUT2D eigenvalue weighted by atomic mass is 16.2. The molecule has 1 saturated heterocycles. The van der Waals surface area contributed by atoms with E-state index in [0.717, 1.165) is 32.0 Å². The lowest BCUT2D eigenvalue weighted by Crippen LogP contribution is -2.48. The number of nitrogens with zero attached hydrogens (tertiary/aromatic N) is 3. The summed E-state index contributed by atoms with van der Waals surface area (Å²) in [5, 5.41) is 0. The Morgan fingerprint density at radius 2 is 2.06 bits per heavy atom. The molecule has 2 rings (SSSR count). The molecule has 0 spiro atoms. The average molecular weight is 235 g/mol. The van der Waals surface area contributed by atoms with Crippen LogP contribution in [-0.4, -0.2) is 42.0 Å². The van der Waals surface area contributed by atoms with Crippen molar-refractivity contribution in [3.8, 4) is 0 Å². The Morgan fingerprint density at radius 1 is 1.35 bits per heavy atom. The van der Waals surface area contributed by atoms with Crippen LogP contribution in [0, 0.1) is 0 Å². The number of piperazine rings is 1. The third-order valence-corrected chi connectivity index (χ3v) is 2.93. The molecule has 1 fully saturated rings. The molecule has 2 heterocycles. The molecule has 1 aromatic heterocycles. The highest BCUT2D eigenvalue weighted by Gasteiger charge is 2.19. The van der Waals surface area contributed by atoms with Crippen molar-refractivity contribution in [2.24, 2.45) is 5.84 Å². The van der Waals surface area contributed by atoms with Crippen LogP contribution >= 0.6 is 0 Å². The summed E-state index contributed by atoms with van der Waals surface area (Å²) < 4.78 is 0. The summed E-state index contributed by atoms with van der Waals surface area (Å²) in [6, 6.07) is 5.68. The van der Waals surface area contributed by atoms with Crippen LogP contribution in [0.4, 0.5) is 11.6 Å². The number of nitrogens with two attached hydrogens (primary N) is 1. The van der Waals surface area contributed by atoms with E-state index in [2.05, 4.69) is 15.3 Å². The molecular weight excluding hydrogens is 218 g/mol. The first kappa shape index (κ1) is 11.7. The van der Waals surface area contributed by atoms with Crippen molar-refractivity contribution in [1.82, 2.24) is 9.88 Å². The van der Waals surface area contributed by atoms with Gasteiger partial charge < -0.3 is 15.2 Å². The van der Waals surface area contributed by atoms with E-state index < -0.39 is 0 Å². The lowest BCUT2D eigenvalue weighted by Gasteiger charge is -2.34. The van der Waals surface area contributed by atoms with Gasteiger partial charge in [0, 0.05) is 33.1 Å². The molecule has 0 saturated carbocycles. The Bertz CT molecular complexity index is 401. The second-order valence-electron chi connectivity index (χ2n) is 4.02. The summed E-state index contributed by atoms with van der Waals surface area (Å²) >= 11 is 0. The zero-order valence-corrected chi connectivity index (χ0v) is 9.89. The number of amides is 1. The van der Waals surface area contributed by atoms with Crippen LogP contribution in [0.3, 0.4) is 0 Å². The highest BCUT2D eigenvalue weighted by molar-refractivity contribution is 5.73. The molecule has 0 aliphatic carbocycles. The maximum atomic E-state index is 11.2. The van der Waals surface area contributed by atoms with Gasteiger partial charge in [-0.25, -0.2) is 10.8 Å². The van der Waals surface area contributed by atoms with E-state index in [9.17, 15) is 4.79 Å². The molecule has 1 aliphatic rings. The molecule has 0 bridgehead atoms. The van der Waals surface area contributed by atoms with Crippen molar-refractivity contribution in [3.05, 3.63) is 18.2 Å². The van der Waals surface area contributed by atoms with Gasteiger partial charge in [0.1, 0.15) is 11.6 Å². The number of rotatable bonds is 2. The topological polar surface area (TPSA) is 74.5 Å². The summed E-state index contributed by atoms with van der Waals surface area (Å²) in [6.45, 7) is 4.71. The molecule has 0 aromatic carbocycles. The summed E-state index contributed by atoms with van der Waals surface area (Å²) in [5.74, 6) is 7.00. The highest BCUT2D eigenvalue weighted by Crippen LogP contribution is 2.15. The fraction of sp³-hybridized carbons (Fsp3) is 0.455. The van der Waals surface area contributed by atoms with Crippen molar-refractivity contribution < 1.29 is 4.79 Å². The lowest BCUT2D eigenvalue weighted by molar-refractivity contribution is -0.129. The van der Waals surface area contributed by atoms with Crippen molar-refractivity contribution in [3.63, 3.8) is 0 Å². The van der Waals surface area contributed by atoms with Gasteiger partial charge in [-0.1, -0.05) is 6.07 Å². The average Bonchev–Trinajstić information content (AvgIpc) is 2.39. The smallest absolute Gasteiger partial charge is 0.219 e. The Kier molecular flexibility index (Phi) is 3.43. The van der Waals surface area contributed by atoms with Crippen LogP contribution in [0.15, 0.2) is 18.2 Å². The number of hydrazine groups is 1. The Morgan fingerprint density at radius 3 is 2.65 bits per heavy atom. The maximum Gasteiger partial charge on any atom is 0.219 e. The number of nitrogens with one attached hydrogen (secondary N) is 1. The van der Waals surface area contributed by atoms with Crippen LogP contribution < -0.4 is 16.2 Å². The molecule has 0 unspecified atom stereocenters. The van der Waals surface area contributed by atoms with E-state index in [1.165, 1.54) is 0 Å². The second kappa shape index (κ2) is 5.01. The molecule has 1 aromatic rings. The summed E-state index contributed by atoms with van der Waals surface area (Å²) in [5.41, 5.74) is 2.53. The van der Waals surface area contributed by atoms with Crippen LogP contribution in [0.2, 0.25) is 0 Å². The molecule has 92 valence electrons. The molecule has 1 amide bonds. The van der Waals surface area contributed by atoms with Crippen LogP contribution in [0.25, 0.3) is 0 Å². The summed E-state index contributed by atoms with van der Waals surface area (Å²) in [7, 11) is 0. The van der Waals surface area contributed by atoms with Crippen LogP contribution in [-0.2, 0) is 4.79 Å². The number of aromatic nitrogens is 1. The first-order valence-corrected chi connectivity index (χ1v) is 5.65. The number of pyridine rings is 1. The van der Waals surface area contributed by atoms with Gasteiger partial charge in [0.15, 0.2) is 0 Å². The molecule has 6 nitrogen and oxygen atoms in total. The van der Waals surface area contributed by atoms with Crippen LogP contribution in [0.5, 0.6) is 0 Å². The largest absolute Gasteiger partial charge is 0.353 e. The van der Waals surface area contributed by atoms with Crippen molar-refractivity contribution in [2.75, 3.05) is 36.5 Å². The number of anilines is 2. The fourth-order valence-electron chi connectivity index (χ4n) is 1.93. The maximum absolute atomic E-state index is 11.2. The Balaban J connectivity index is 2.02. The second-order valence-corrected chi connectivity index (χ2v) is 4.02. The molecular formula is C11H17N5O. The van der Waals surface area contributed by atoms with Gasteiger partial charge in [0.05, 0.1) is 0 Å². The molecule has 17 heavy (non-hydrogen) atoms. The number of hydrogen-bond donors (Lipinski definition) is 2.